The van der Waals surface area contributed by atoms with Crippen LogP contribution in [0.4, 0.5) is 0 Å². The molecule has 0 fully saturated rings. The van der Waals surface area contributed by atoms with Crippen LogP contribution in [0.15, 0.2) is 89.5 Å². The first-order valence-corrected chi connectivity index (χ1v) is 10.6. The van der Waals surface area contributed by atoms with Crippen LogP contribution < -0.4 is 4.57 Å². The molecule has 0 aliphatic rings. The predicted octanol–water partition coefficient (Wildman–Crippen LogP) is 6.54. The van der Waals surface area contributed by atoms with Crippen molar-refractivity contribution < 1.29 is 8.98 Å². The van der Waals surface area contributed by atoms with Crippen molar-refractivity contribution in [3.63, 3.8) is 0 Å². The minimum Gasteiger partial charge on any atom is -0.455 e. The summed E-state index contributed by atoms with van der Waals surface area (Å²) in [5.41, 5.74) is 9.07. The Kier molecular flexibility index (Phi) is 3.81. The summed E-state index contributed by atoms with van der Waals surface area (Å²) in [7, 11) is 4.24. The highest BCUT2D eigenvalue weighted by molar-refractivity contribution is 6.12. The Morgan fingerprint density at radius 1 is 0.839 bits per heavy atom. The average molecular weight is 404 g/mol. The average Bonchev–Trinajstić information content (AvgIpc) is 3.32. The Morgan fingerprint density at radius 2 is 1.61 bits per heavy atom. The number of para-hydroxylation sites is 2. The molecule has 0 amide bonds. The van der Waals surface area contributed by atoms with Crippen molar-refractivity contribution in [2.75, 3.05) is 0 Å². The van der Waals surface area contributed by atoms with E-state index in [2.05, 4.69) is 109 Å². The molecule has 3 heterocycles. The van der Waals surface area contributed by atoms with Gasteiger partial charge < -0.3 is 8.98 Å². The number of rotatable bonds is 2. The third kappa shape index (κ3) is 2.56. The van der Waals surface area contributed by atoms with Gasteiger partial charge in [-0.25, -0.2) is 4.57 Å². The van der Waals surface area contributed by atoms with Crippen molar-refractivity contribution in [3.8, 4) is 22.5 Å². The number of benzene rings is 3. The minimum absolute atomic E-state index is 0.922. The molecule has 6 aromatic rings. The quantitative estimate of drug-likeness (QED) is 0.301. The van der Waals surface area contributed by atoms with Gasteiger partial charge in [0.15, 0.2) is 6.20 Å². The fourth-order valence-electron chi connectivity index (χ4n) is 4.86. The Bertz CT molecular complexity index is 1620. The summed E-state index contributed by atoms with van der Waals surface area (Å²) in [5.74, 6) is 0. The van der Waals surface area contributed by atoms with Gasteiger partial charge in [0.1, 0.15) is 18.2 Å². The lowest BCUT2D eigenvalue weighted by Gasteiger charge is -2.13. The smallest absolute Gasteiger partial charge is 0.216 e. The molecule has 0 radical (unpaired) electrons. The van der Waals surface area contributed by atoms with Crippen LogP contribution in [0.3, 0.4) is 0 Å². The van der Waals surface area contributed by atoms with E-state index in [4.69, 9.17) is 4.42 Å². The van der Waals surface area contributed by atoms with E-state index in [1.807, 2.05) is 6.07 Å². The standard InChI is InChI=1S/C28H23N2O/c1-18-21(25-16-19-10-4-6-12-23(19)30(25)3)17-22-20-11-5-7-14-26(20)31-28(22)27(18)24-13-8-9-15-29(24)2/h4-17H,1-3H3/q+1. The summed E-state index contributed by atoms with van der Waals surface area (Å²) >= 11 is 0. The Morgan fingerprint density at radius 3 is 2.45 bits per heavy atom. The Hall–Kier alpha value is -3.85. The summed E-state index contributed by atoms with van der Waals surface area (Å²) in [6, 6.07) is 27.8. The van der Waals surface area contributed by atoms with Gasteiger partial charge in [0.05, 0.1) is 5.56 Å². The van der Waals surface area contributed by atoms with Gasteiger partial charge in [0.25, 0.3) is 0 Å². The van der Waals surface area contributed by atoms with Crippen LogP contribution in [0.25, 0.3) is 55.4 Å². The molecule has 31 heavy (non-hydrogen) atoms. The first-order valence-electron chi connectivity index (χ1n) is 10.6. The van der Waals surface area contributed by atoms with Crippen molar-refractivity contribution in [3.05, 3.63) is 90.6 Å². The molecule has 3 nitrogen and oxygen atoms in total. The molecule has 0 unspecified atom stereocenters. The second kappa shape index (κ2) is 6.58. The minimum atomic E-state index is 0.922. The van der Waals surface area contributed by atoms with E-state index in [0.29, 0.717) is 0 Å². The first-order chi connectivity index (χ1) is 15.1. The molecule has 6 rings (SSSR count). The third-order valence-corrected chi connectivity index (χ3v) is 6.47. The molecule has 0 bridgehead atoms. The number of fused-ring (bicyclic) bond motifs is 4. The molecule has 3 aromatic carbocycles. The van der Waals surface area contributed by atoms with Gasteiger partial charge >= 0.3 is 0 Å². The van der Waals surface area contributed by atoms with E-state index in [1.54, 1.807) is 0 Å². The van der Waals surface area contributed by atoms with Crippen molar-refractivity contribution in [1.82, 2.24) is 4.57 Å². The van der Waals surface area contributed by atoms with Crippen LogP contribution in [0.5, 0.6) is 0 Å². The summed E-state index contributed by atoms with van der Waals surface area (Å²) in [6.07, 6.45) is 2.09. The number of aromatic nitrogens is 2. The Balaban J connectivity index is 1.79. The van der Waals surface area contributed by atoms with E-state index >= 15 is 0 Å². The molecule has 3 aromatic heterocycles. The summed E-state index contributed by atoms with van der Waals surface area (Å²) < 4.78 is 10.9. The SMILES string of the molecule is Cc1c(-c2cc3ccccc3n2C)cc2c(oc3ccccc32)c1-c1cccc[n+]1C. The molecule has 0 atom stereocenters. The topological polar surface area (TPSA) is 21.9 Å². The highest BCUT2D eigenvalue weighted by Crippen LogP contribution is 2.42. The largest absolute Gasteiger partial charge is 0.455 e. The highest BCUT2D eigenvalue weighted by Gasteiger charge is 2.24. The van der Waals surface area contributed by atoms with E-state index in [-0.39, 0.29) is 0 Å². The lowest BCUT2D eigenvalue weighted by Crippen LogP contribution is -2.30. The third-order valence-electron chi connectivity index (χ3n) is 6.47. The van der Waals surface area contributed by atoms with Crippen molar-refractivity contribution in [1.29, 1.82) is 0 Å². The zero-order valence-corrected chi connectivity index (χ0v) is 17.9. The summed E-state index contributed by atoms with van der Waals surface area (Å²) in [6.45, 7) is 2.21. The van der Waals surface area contributed by atoms with Gasteiger partial charge in [0.2, 0.25) is 5.69 Å². The lowest BCUT2D eigenvalue weighted by atomic mass is 9.94. The van der Waals surface area contributed by atoms with Crippen LogP contribution in [0.2, 0.25) is 0 Å². The van der Waals surface area contributed by atoms with E-state index in [9.17, 15) is 0 Å². The van der Waals surface area contributed by atoms with Gasteiger partial charge in [0, 0.05) is 52.1 Å². The van der Waals surface area contributed by atoms with E-state index in [0.717, 1.165) is 33.2 Å². The summed E-state index contributed by atoms with van der Waals surface area (Å²) in [4.78, 5) is 0. The number of nitrogens with zero attached hydrogens (tertiary/aromatic N) is 2. The fourth-order valence-corrected chi connectivity index (χ4v) is 4.86. The zero-order chi connectivity index (χ0) is 21.1. The van der Waals surface area contributed by atoms with Gasteiger partial charge in [-0.2, -0.15) is 0 Å². The maximum absolute atomic E-state index is 6.43. The first kappa shape index (κ1) is 18.0. The number of aryl methyl sites for hydroxylation is 2. The predicted molar refractivity (Wildman–Crippen MR) is 127 cm³/mol. The van der Waals surface area contributed by atoms with E-state index < -0.39 is 0 Å². The summed E-state index contributed by atoms with van der Waals surface area (Å²) in [5, 5.41) is 3.56. The van der Waals surface area contributed by atoms with E-state index in [1.165, 1.54) is 27.7 Å². The van der Waals surface area contributed by atoms with Gasteiger partial charge in [-0.1, -0.05) is 36.4 Å². The fraction of sp³-hybridized carbons (Fsp3) is 0.107. The van der Waals surface area contributed by atoms with Crippen LogP contribution >= 0.6 is 0 Å². The van der Waals surface area contributed by atoms with Crippen LogP contribution in [0.1, 0.15) is 5.56 Å². The molecule has 150 valence electrons. The number of hydrogen-bond acceptors (Lipinski definition) is 1. The molecule has 0 saturated heterocycles. The lowest BCUT2D eigenvalue weighted by molar-refractivity contribution is -0.660. The molecule has 0 aliphatic heterocycles. The van der Waals surface area contributed by atoms with Crippen molar-refractivity contribution >= 4 is 32.8 Å². The van der Waals surface area contributed by atoms with Crippen molar-refractivity contribution in [2.45, 2.75) is 6.92 Å². The number of pyridine rings is 1. The van der Waals surface area contributed by atoms with Gasteiger partial charge in [-0.3, -0.25) is 0 Å². The monoisotopic (exact) mass is 403 g/mol. The van der Waals surface area contributed by atoms with Crippen LogP contribution in [-0.4, -0.2) is 4.57 Å². The van der Waals surface area contributed by atoms with Gasteiger partial charge in [-0.05, 0) is 42.8 Å². The number of furan rings is 1. The zero-order valence-electron chi connectivity index (χ0n) is 17.9. The molecule has 0 N–H and O–H groups in total. The molecule has 0 spiro atoms. The van der Waals surface area contributed by atoms with Crippen LogP contribution in [0, 0.1) is 6.92 Å². The van der Waals surface area contributed by atoms with Crippen LogP contribution in [-0.2, 0) is 14.1 Å². The second-order valence-electron chi connectivity index (χ2n) is 8.24. The molecule has 0 aliphatic carbocycles. The molecular formula is C28H23N2O+. The molecule has 3 heteroatoms. The van der Waals surface area contributed by atoms with Crippen molar-refractivity contribution in [2.24, 2.45) is 14.1 Å². The molecule has 0 saturated carbocycles. The maximum Gasteiger partial charge on any atom is 0.216 e. The van der Waals surface area contributed by atoms with Gasteiger partial charge in [-0.15, -0.1) is 0 Å². The highest BCUT2D eigenvalue weighted by atomic mass is 16.3. The molecular weight excluding hydrogens is 380 g/mol. The normalized spacial score (nSPS) is 11.7. The number of hydrogen-bond donors (Lipinski definition) is 0. The second-order valence-corrected chi connectivity index (χ2v) is 8.24. The maximum atomic E-state index is 6.43. The Labute approximate surface area is 180 Å².